The van der Waals surface area contributed by atoms with E-state index >= 15 is 0 Å². The number of nitrogens with one attached hydrogen (secondary N) is 1. The minimum absolute atomic E-state index is 0.0929. The first-order valence-corrected chi connectivity index (χ1v) is 4.65. The monoisotopic (exact) mass is 201 g/mol. The molecule has 0 bridgehead atoms. The van der Waals surface area contributed by atoms with E-state index in [1.165, 1.54) is 6.92 Å². The van der Waals surface area contributed by atoms with Gasteiger partial charge in [0.1, 0.15) is 6.10 Å². The van der Waals surface area contributed by atoms with Crippen molar-refractivity contribution in [2.75, 3.05) is 13.2 Å². The SMILES string of the molecule is CC(=O)[C@H](C)NC(=O)O[C@@H]1CCOC1. The van der Waals surface area contributed by atoms with Crippen LogP contribution in [-0.4, -0.2) is 37.2 Å². The summed E-state index contributed by atoms with van der Waals surface area (Å²) in [5.41, 5.74) is 0. The predicted octanol–water partition coefficient (Wildman–Crippen LogP) is 0.479. The largest absolute Gasteiger partial charge is 0.444 e. The highest BCUT2D eigenvalue weighted by Gasteiger charge is 2.21. The number of Topliss-reactive ketones (excluding diaryl/α,β-unsaturated/α-hetero) is 1. The average Bonchev–Trinajstić information content (AvgIpc) is 2.56. The Morgan fingerprint density at radius 2 is 2.29 bits per heavy atom. The van der Waals surface area contributed by atoms with Crippen molar-refractivity contribution in [3.63, 3.8) is 0 Å². The highest BCUT2D eigenvalue weighted by Crippen LogP contribution is 2.08. The van der Waals surface area contributed by atoms with Crippen molar-refractivity contribution in [1.29, 1.82) is 0 Å². The Balaban J connectivity index is 2.24. The predicted molar refractivity (Wildman–Crippen MR) is 49.0 cm³/mol. The lowest BCUT2D eigenvalue weighted by molar-refractivity contribution is -0.118. The van der Waals surface area contributed by atoms with Gasteiger partial charge in [-0.3, -0.25) is 4.79 Å². The molecule has 5 heteroatoms. The van der Waals surface area contributed by atoms with Crippen LogP contribution < -0.4 is 5.32 Å². The lowest BCUT2D eigenvalue weighted by atomic mass is 10.2. The molecule has 1 N–H and O–H groups in total. The molecular weight excluding hydrogens is 186 g/mol. The summed E-state index contributed by atoms with van der Waals surface area (Å²) >= 11 is 0. The molecule has 5 nitrogen and oxygen atoms in total. The number of hydrogen-bond acceptors (Lipinski definition) is 4. The number of alkyl carbamates (subject to hydrolysis) is 1. The summed E-state index contributed by atoms with van der Waals surface area (Å²) in [4.78, 5) is 22.0. The molecule has 1 aliphatic heterocycles. The van der Waals surface area contributed by atoms with Crippen LogP contribution in [0.1, 0.15) is 20.3 Å². The van der Waals surface area contributed by atoms with E-state index in [4.69, 9.17) is 9.47 Å². The van der Waals surface area contributed by atoms with Gasteiger partial charge >= 0.3 is 6.09 Å². The topological polar surface area (TPSA) is 64.6 Å². The Labute approximate surface area is 82.8 Å². The Bertz CT molecular complexity index is 223. The quantitative estimate of drug-likeness (QED) is 0.721. The smallest absolute Gasteiger partial charge is 0.408 e. The first-order valence-electron chi connectivity index (χ1n) is 4.65. The molecular formula is C9H15NO4. The van der Waals surface area contributed by atoms with Crippen LogP contribution in [0.25, 0.3) is 0 Å². The third kappa shape index (κ3) is 3.33. The maximum atomic E-state index is 11.2. The highest BCUT2D eigenvalue weighted by atomic mass is 16.6. The summed E-state index contributed by atoms with van der Waals surface area (Å²) < 4.78 is 10.0. The van der Waals surface area contributed by atoms with Crippen LogP contribution in [0.15, 0.2) is 0 Å². The van der Waals surface area contributed by atoms with Crippen molar-refractivity contribution in [2.24, 2.45) is 0 Å². The van der Waals surface area contributed by atoms with Gasteiger partial charge < -0.3 is 14.8 Å². The van der Waals surface area contributed by atoms with Crippen LogP contribution in [0.5, 0.6) is 0 Å². The van der Waals surface area contributed by atoms with Gasteiger partial charge in [0.25, 0.3) is 0 Å². The van der Waals surface area contributed by atoms with Crippen LogP contribution in [0.3, 0.4) is 0 Å². The summed E-state index contributed by atoms with van der Waals surface area (Å²) in [5, 5.41) is 2.44. The van der Waals surface area contributed by atoms with Crippen LogP contribution in [0.2, 0.25) is 0 Å². The number of rotatable bonds is 3. The van der Waals surface area contributed by atoms with Crippen LogP contribution in [-0.2, 0) is 14.3 Å². The zero-order valence-electron chi connectivity index (χ0n) is 8.41. The minimum Gasteiger partial charge on any atom is -0.444 e. The number of amides is 1. The van der Waals surface area contributed by atoms with Crippen molar-refractivity contribution in [3.8, 4) is 0 Å². The first-order chi connectivity index (χ1) is 6.59. The molecule has 1 aliphatic rings. The van der Waals surface area contributed by atoms with E-state index in [1.807, 2.05) is 0 Å². The molecule has 1 saturated heterocycles. The molecule has 0 aromatic rings. The van der Waals surface area contributed by atoms with Gasteiger partial charge in [-0.1, -0.05) is 0 Å². The van der Waals surface area contributed by atoms with Crippen LogP contribution in [0, 0.1) is 0 Å². The van der Waals surface area contributed by atoms with Gasteiger partial charge in [0, 0.05) is 6.42 Å². The number of carbonyl (C=O) groups excluding carboxylic acids is 2. The molecule has 2 atom stereocenters. The third-order valence-electron chi connectivity index (χ3n) is 2.11. The summed E-state index contributed by atoms with van der Waals surface area (Å²) in [5.74, 6) is -0.0929. The van der Waals surface area contributed by atoms with Crippen molar-refractivity contribution in [2.45, 2.75) is 32.4 Å². The van der Waals surface area contributed by atoms with Crippen molar-refractivity contribution in [1.82, 2.24) is 5.32 Å². The van der Waals surface area contributed by atoms with Gasteiger partial charge in [0.15, 0.2) is 5.78 Å². The molecule has 0 aromatic carbocycles. The Morgan fingerprint density at radius 1 is 1.57 bits per heavy atom. The second-order valence-electron chi connectivity index (χ2n) is 3.37. The maximum absolute atomic E-state index is 11.2. The van der Waals surface area contributed by atoms with E-state index in [9.17, 15) is 9.59 Å². The second kappa shape index (κ2) is 4.95. The Hall–Kier alpha value is -1.10. The molecule has 1 fully saturated rings. The number of ether oxygens (including phenoxy) is 2. The van der Waals surface area contributed by atoms with E-state index in [0.29, 0.717) is 13.2 Å². The fourth-order valence-corrected chi connectivity index (χ4v) is 1.07. The lowest BCUT2D eigenvalue weighted by Gasteiger charge is -2.13. The average molecular weight is 201 g/mol. The molecule has 1 rings (SSSR count). The molecule has 80 valence electrons. The molecule has 0 saturated carbocycles. The molecule has 14 heavy (non-hydrogen) atoms. The zero-order valence-corrected chi connectivity index (χ0v) is 8.41. The minimum atomic E-state index is -0.553. The molecule has 1 amide bonds. The van der Waals surface area contributed by atoms with Gasteiger partial charge in [0.05, 0.1) is 19.3 Å². The van der Waals surface area contributed by atoms with E-state index < -0.39 is 12.1 Å². The molecule has 0 spiro atoms. The number of ketones is 1. The second-order valence-corrected chi connectivity index (χ2v) is 3.37. The molecule has 0 radical (unpaired) electrons. The van der Waals surface area contributed by atoms with Gasteiger partial charge in [0.2, 0.25) is 0 Å². The Morgan fingerprint density at radius 3 is 2.79 bits per heavy atom. The summed E-state index contributed by atoms with van der Waals surface area (Å²) in [7, 11) is 0. The molecule has 0 aromatic heterocycles. The van der Waals surface area contributed by atoms with E-state index in [-0.39, 0.29) is 11.9 Å². The van der Waals surface area contributed by atoms with E-state index in [2.05, 4.69) is 5.32 Å². The summed E-state index contributed by atoms with van der Waals surface area (Å²) in [6, 6.07) is -0.496. The fourth-order valence-electron chi connectivity index (χ4n) is 1.07. The van der Waals surface area contributed by atoms with Gasteiger partial charge in [-0.2, -0.15) is 0 Å². The van der Waals surface area contributed by atoms with Gasteiger partial charge in [-0.25, -0.2) is 4.79 Å². The van der Waals surface area contributed by atoms with E-state index in [1.54, 1.807) is 6.92 Å². The fraction of sp³-hybridized carbons (Fsp3) is 0.778. The van der Waals surface area contributed by atoms with Crippen LogP contribution >= 0.6 is 0 Å². The number of hydrogen-bond donors (Lipinski definition) is 1. The van der Waals surface area contributed by atoms with Crippen molar-refractivity contribution in [3.05, 3.63) is 0 Å². The highest BCUT2D eigenvalue weighted by molar-refractivity contribution is 5.84. The third-order valence-corrected chi connectivity index (χ3v) is 2.11. The summed E-state index contributed by atoms with van der Waals surface area (Å²) in [6.07, 6.45) is -0.000589. The molecule has 1 heterocycles. The zero-order chi connectivity index (χ0) is 10.6. The van der Waals surface area contributed by atoms with Crippen molar-refractivity contribution >= 4 is 11.9 Å². The molecule has 0 unspecified atom stereocenters. The first kappa shape index (κ1) is 11.0. The van der Waals surface area contributed by atoms with Crippen molar-refractivity contribution < 1.29 is 19.1 Å². The van der Waals surface area contributed by atoms with E-state index in [0.717, 1.165) is 6.42 Å². The molecule has 0 aliphatic carbocycles. The van der Waals surface area contributed by atoms with Gasteiger partial charge in [-0.05, 0) is 13.8 Å². The Kier molecular flexibility index (Phi) is 3.88. The standard InChI is InChI=1S/C9H15NO4/c1-6(7(2)11)10-9(12)14-8-3-4-13-5-8/h6,8H,3-5H2,1-2H3,(H,10,12)/t6-,8+/m0/s1. The van der Waals surface area contributed by atoms with Gasteiger partial charge in [-0.15, -0.1) is 0 Å². The lowest BCUT2D eigenvalue weighted by Crippen LogP contribution is -2.39. The number of carbonyl (C=O) groups is 2. The normalized spacial score (nSPS) is 22.9. The summed E-state index contributed by atoms with van der Waals surface area (Å²) in [6.45, 7) is 4.11. The maximum Gasteiger partial charge on any atom is 0.408 e. The van der Waals surface area contributed by atoms with Crippen LogP contribution in [0.4, 0.5) is 4.79 Å².